The molecule has 0 aromatic heterocycles. The fourth-order valence-corrected chi connectivity index (χ4v) is 7.05. The number of carboxylic acids is 1. The Kier molecular flexibility index (Phi) is 19.9. The number of hydrogen-bond acceptors (Lipinski definition) is 24. The zero-order valence-corrected chi connectivity index (χ0v) is 32.7. The lowest BCUT2D eigenvalue weighted by Crippen LogP contribution is -2.72. The summed E-state index contributed by atoms with van der Waals surface area (Å²) in [4.78, 5) is 49.6. The molecule has 28 nitrogen and oxygen atoms in total. The van der Waals surface area contributed by atoms with Crippen LogP contribution in [0.2, 0.25) is 0 Å². The highest BCUT2D eigenvalue weighted by Crippen LogP contribution is 2.39. The van der Waals surface area contributed by atoms with Gasteiger partial charge in [0.15, 0.2) is 12.6 Å². The number of aliphatic hydroxyl groups excluding tert-OH is 14. The molecule has 0 aliphatic carbocycles. The van der Waals surface area contributed by atoms with Gasteiger partial charge >= 0.3 is 5.97 Å². The van der Waals surface area contributed by atoms with Crippen molar-refractivity contribution in [2.24, 2.45) is 0 Å². The van der Waals surface area contributed by atoms with Crippen LogP contribution in [0.5, 0.6) is 0 Å². The molecule has 0 radical (unpaired) electrons. The van der Waals surface area contributed by atoms with Gasteiger partial charge in [-0.1, -0.05) is 0 Å². The van der Waals surface area contributed by atoms with Crippen molar-refractivity contribution >= 4 is 23.7 Å². The number of carbonyl (C=O) groups excluding carboxylic acids is 3. The third-order valence-corrected chi connectivity index (χ3v) is 10.1. The van der Waals surface area contributed by atoms with E-state index in [1.807, 2.05) is 0 Å². The maximum absolute atomic E-state index is 13.2. The van der Waals surface area contributed by atoms with E-state index in [0.717, 1.165) is 13.8 Å². The third kappa shape index (κ3) is 12.4. The number of hydrogen-bond donors (Lipinski definition) is 18. The molecule has 3 aliphatic rings. The molecule has 18 N–H and O–H groups in total. The van der Waals surface area contributed by atoms with Gasteiger partial charge in [0.25, 0.3) is 5.79 Å². The summed E-state index contributed by atoms with van der Waals surface area (Å²) in [6, 6.07) is -5.24. The van der Waals surface area contributed by atoms with Crippen molar-refractivity contribution in [3.63, 3.8) is 0 Å². The van der Waals surface area contributed by atoms with E-state index in [9.17, 15) is 95.8 Å². The first-order valence-corrected chi connectivity index (χ1v) is 18.8. The van der Waals surface area contributed by atoms with Crippen LogP contribution < -0.4 is 16.0 Å². The van der Waals surface area contributed by atoms with Gasteiger partial charge in [-0.2, -0.15) is 0 Å². The summed E-state index contributed by atoms with van der Waals surface area (Å²) >= 11 is 0. The topological polar surface area (TPSA) is 463 Å². The Balaban J connectivity index is 2.25. The fraction of sp³-hybridized carbons (Fsp3) is 0.879. The lowest BCUT2D eigenvalue weighted by atomic mass is 9.88. The van der Waals surface area contributed by atoms with E-state index in [2.05, 4.69) is 16.0 Å². The van der Waals surface area contributed by atoms with Gasteiger partial charge in [0.05, 0.1) is 51.2 Å². The first kappa shape index (κ1) is 52.4. The van der Waals surface area contributed by atoms with Crippen molar-refractivity contribution in [3.8, 4) is 0 Å². The first-order chi connectivity index (χ1) is 28.6. The van der Waals surface area contributed by atoms with Crippen molar-refractivity contribution in [1.29, 1.82) is 0 Å². The maximum atomic E-state index is 13.2. The number of nitrogens with one attached hydrogen (secondary N) is 3. The highest BCUT2D eigenvalue weighted by Gasteiger charge is 2.61. The van der Waals surface area contributed by atoms with Crippen LogP contribution >= 0.6 is 0 Å². The summed E-state index contributed by atoms with van der Waals surface area (Å²) in [5.74, 6) is -8.34. The van der Waals surface area contributed by atoms with Gasteiger partial charge in [0.1, 0.15) is 92.0 Å². The second-order valence-corrected chi connectivity index (χ2v) is 14.6. The molecule has 0 bridgehead atoms. The van der Waals surface area contributed by atoms with Crippen LogP contribution in [0.3, 0.4) is 0 Å². The Morgan fingerprint density at radius 2 is 1.34 bits per heavy atom. The molecule has 3 saturated heterocycles. The maximum Gasteiger partial charge on any atom is 0.364 e. The number of aliphatic carboxylic acids is 1. The smallest absolute Gasteiger partial charge is 0.364 e. The second kappa shape index (κ2) is 23.1. The van der Waals surface area contributed by atoms with Crippen LogP contribution in [0.1, 0.15) is 20.3 Å². The van der Waals surface area contributed by atoms with E-state index in [0.29, 0.717) is 0 Å². The van der Waals surface area contributed by atoms with Crippen LogP contribution in [-0.4, -0.2) is 262 Å². The standard InChI is InChI=1S/C33H57N3O25/c1-10(43)34-12(4-37)26(21(49)14(46)5-38)58-31-25(53)29(27(17(8-41)57-31)59-30-20(35-11(2)44)24(52)23(51)16(7-40)56-30)61-33(32(54)55)3-13(45)19(36-18(48)9-42)28(60-33)22(50)15(47)6-39/h12-17,19-31,37-42,45-47,49-53H,3-9H2,1-2H3,(H,34,43)(H,35,44)(H,36,48)(H,54,55)/t12-,13-,14+,15+,16+,17+,19+,20+,21-,22+,23-,24+,25+,26+,27-,28+,29+,30-,31-,33-/m0/s1. The minimum atomic E-state index is -3.33. The van der Waals surface area contributed by atoms with Crippen molar-refractivity contribution in [2.75, 3.05) is 39.6 Å². The SMILES string of the molecule is CC(=O)N[C@H]1[C@H](O[C@@H]2[C@H](O[C@]3(C(=O)O)C[C@H](O)[C@@H](NC(=O)CO)[C@H]([C@H](O)[C@H](O)CO)O3)[C@@H](O)[C@H](O[C@@H]([C@@H](O)[C@H](O)CO)[C@H](CO)NC(C)=O)O[C@@H]2CO)O[C@H](CO)[C@H](O)[C@@H]1O. The minimum absolute atomic E-state index is 0.825. The monoisotopic (exact) mass is 895 g/mol. The molecule has 20 atom stereocenters. The summed E-state index contributed by atoms with van der Waals surface area (Å²) in [7, 11) is 0. The highest BCUT2D eigenvalue weighted by molar-refractivity contribution is 5.78. The van der Waals surface area contributed by atoms with Crippen LogP contribution in [-0.2, 0) is 47.6 Å². The normalized spacial score (nSPS) is 37.3. The number of amides is 3. The summed E-state index contributed by atoms with van der Waals surface area (Å²) in [5.41, 5.74) is 0. The molecule has 0 aromatic carbocycles. The number of ether oxygens (including phenoxy) is 6. The number of carbonyl (C=O) groups is 4. The van der Waals surface area contributed by atoms with Gasteiger partial charge in [-0.3, -0.25) is 14.4 Å². The zero-order valence-electron chi connectivity index (χ0n) is 32.7. The molecule has 3 fully saturated rings. The number of carboxylic acid groups (broad SMARTS) is 1. The third-order valence-electron chi connectivity index (χ3n) is 10.1. The Bertz CT molecular complexity index is 1440. The molecule has 3 rings (SSSR count). The summed E-state index contributed by atoms with van der Waals surface area (Å²) < 4.78 is 34.6. The van der Waals surface area contributed by atoms with Crippen LogP contribution in [0.15, 0.2) is 0 Å². The highest BCUT2D eigenvalue weighted by atomic mass is 16.8. The Morgan fingerprint density at radius 3 is 1.85 bits per heavy atom. The molecule has 28 heteroatoms. The molecule has 0 saturated carbocycles. The summed E-state index contributed by atoms with van der Waals surface area (Å²) in [6.07, 6.45) is -35.1. The Labute approximate surface area is 345 Å². The van der Waals surface area contributed by atoms with Gasteiger partial charge in [0.2, 0.25) is 17.7 Å². The van der Waals surface area contributed by atoms with E-state index in [1.54, 1.807) is 0 Å². The predicted octanol–water partition coefficient (Wildman–Crippen LogP) is -11.5. The quantitative estimate of drug-likeness (QED) is 0.0509. The van der Waals surface area contributed by atoms with Crippen LogP contribution in [0.4, 0.5) is 0 Å². The Hall–Kier alpha value is -2.92. The lowest BCUT2D eigenvalue weighted by molar-refractivity contribution is -0.393. The van der Waals surface area contributed by atoms with Gasteiger partial charge in [-0.05, 0) is 0 Å². The lowest BCUT2D eigenvalue weighted by Gasteiger charge is -2.52. The molecule has 0 aromatic rings. The van der Waals surface area contributed by atoms with E-state index in [4.69, 9.17) is 28.4 Å². The number of aliphatic hydroxyl groups is 14. The van der Waals surface area contributed by atoms with E-state index in [-0.39, 0.29) is 0 Å². The average molecular weight is 896 g/mol. The van der Waals surface area contributed by atoms with E-state index < -0.39 is 192 Å². The fourth-order valence-electron chi connectivity index (χ4n) is 7.05. The van der Waals surface area contributed by atoms with E-state index in [1.165, 1.54) is 0 Å². The Morgan fingerprint density at radius 1 is 0.738 bits per heavy atom. The zero-order chi connectivity index (χ0) is 46.1. The molecular formula is C33H57N3O25. The predicted molar refractivity (Wildman–Crippen MR) is 190 cm³/mol. The van der Waals surface area contributed by atoms with Gasteiger partial charge in [-0.15, -0.1) is 0 Å². The van der Waals surface area contributed by atoms with Crippen LogP contribution in [0.25, 0.3) is 0 Å². The van der Waals surface area contributed by atoms with Crippen molar-refractivity contribution in [1.82, 2.24) is 16.0 Å². The largest absolute Gasteiger partial charge is 0.477 e. The van der Waals surface area contributed by atoms with Crippen molar-refractivity contribution in [3.05, 3.63) is 0 Å². The summed E-state index contributed by atoms with van der Waals surface area (Å²) in [5, 5.41) is 163. The van der Waals surface area contributed by atoms with Gasteiger partial charge < -0.3 is 121 Å². The second-order valence-electron chi connectivity index (χ2n) is 14.6. The summed E-state index contributed by atoms with van der Waals surface area (Å²) in [6.45, 7) is -4.74. The molecule has 3 aliphatic heterocycles. The number of rotatable bonds is 21. The van der Waals surface area contributed by atoms with Gasteiger partial charge in [-0.25, -0.2) is 4.79 Å². The van der Waals surface area contributed by atoms with Crippen LogP contribution in [0, 0.1) is 0 Å². The minimum Gasteiger partial charge on any atom is -0.477 e. The van der Waals surface area contributed by atoms with Crippen molar-refractivity contribution in [2.45, 2.75) is 142 Å². The molecule has 3 amide bonds. The molecule has 0 spiro atoms. The average Bonchev–Trinajstić information content (AvgIpc) is 3.22. The molecule has 0 unspecified atom stereocenters. The van der Waals surface area contributed by atoms with Gasteiger partial charge in [0, 0.05) is 20.3 Å². The molecular weight excluding hydrogens is 838 g/mol. The molecule has 354 valence electrons. The molecule has 61 heavy (non-hydrogen) atoms. The molecule has 3 heterocycles. The van der Waals surface area contributed by atoms with E-state index >= 15 is 0 Å². The van der Waals surface area contributed by atoms with Crippen molar-refractivity contribution < 1.29 is 124 Å². The first-order valence-electron chi connectivity index (χ1n) is 18.8.